The fourth-order valence-electron chi connectivity index (χ4n) is 4.55. The average molecular weight is 266 g/mol. The molecule has 3 fully saturated rings. The Hall–Kier alpha value is 0.350. The molecule has 2 unspecified atom stereocenters. The lowest BCUT2D eigenvalue weighted by molar-refractivity contribution is 0.281. The summed E-state index contributed by atoms with van der Waals surface area (Å²) < 4.78 is 0. The summed E-state index contributed by atoms with van der Waals surface area (Å²) in [7, 11) is 0. The fraction of sp³-hybridized carbons (Fsp3) is 1.00. The number of hydrogen-bond acceptors (Lipinski definition) is 1. The third kappa shape index (κ3) is 3.08. The van der Waals surface area contributed by atoms with E-state index in [4.69, 9.17) is 0 Å². The maximum absolute atomic E-state index is 2.45. The average Bonchev–Trinajstić information content (AvgIpc) is 2.90. The smallest absolute Gasteiger partial charge is 0.00786 e. The number of thioether (sulfide) groups is 1. The Labute approximate surface area is 118 Å². The van der Waals surface area contributed by atoms with E-state index in [1.807, 2.05) is 0 Å². The van der Waals surface area contributed by atoms with Gasteiger partial charge in [-0.15, -0.1) is 0 Å². The molecule has 1 heterocycles. The van der Waals surface area contributed by atoms with Crippen molar-refractivity contribution in [2.24, 2.45) is 17.8 Å². The molecule has 0 aromatic rings. The molecule has 0 aromatic heterocycles. The third-order valence-corrected chi connectivity index (χ3v) is 7.79. The van der Waals surface area contributed by atoms with Gasteiger partial charge in [0.25, 0.3) is 0 Å². The summed E-state index contributed by atoms with van der Waals surface area (Å²) in [5.41, 5.74) is 0. The normalized spacial score (nSPS) is 43.2. The highest BCUT2D eigenvalue weighted by Gasteiger charge is 2.36. The van der Waals surface area contributed by atoms with Gasteiger partial charge < -0.3 is 0 Å². The molecule has 1 aliphatic heterocycles. The van der Waals surface area contributed by atoms with Crippen LogP contribution in [0.25, 0.3) is 0 Å². The second kappa shape index (κ2) is 6.20. The Morgan fingerprint density at radius 1 is 0.611 bits per heavy atom. The predicted octanol–water partition coefficient (Wildman–Crippen LogP) is 5.66. The summed E-state index contributed by atoms with van der Waals surface area (Å²) in [4.78, 5) is 0. The summed E-state index contributed by atoms with van der Waals surface area (Å²) in [5, 5.41) is 2.10. The lowest BCUT2D eigenvalue weighted by Crippen LogP contribution is -2.22. The van der Waals surface area contributed by atoms with Crippen molar-refractivity contribution in [1.29, 1.82) is 0 Å². The first kappa shape index (κ1) is 13.3. The monoisotopic (exact) mass is 266 g/mol. The zero-order valence-corrected chi connectivity index (χ0v) is 12.9. The molecule has 0 nitrogen and oxygen atoms in total. The van der Waals surface area contributed by atoms with Gasteiger partial charge in [0.15, 0.2) is 0 Å². The SMILES string of the molecule is CC1CCC(C2CCC(C3CCCCC3)S2)CC1. The molecule has 1 saturated heterocycles. The maximum atomic E-state index is 2.45. The van der Waals surface area contributed by atoms with Gasteiger partial charge in [0, 0.05) is 10.5 Å². The molecule has 3 rings (SSSR count). The van der Waals surface area contributed by atoms with Gasteiger partial charge in [0.05, 0.1) is 0 Å². The van der Waals surface area contributed by atoms with Gasteiger partial charge in [0.1, 0.15) is 0 Å². The van der Waals surface area contributed by atoms with E-state index in [1.54, 1.807) is 25.7 Å². The molecule has 104 valence electrons. The fourth-order valence-corrected chi connectivity index (χ4v) is 6.53. The summed E-state index contributed by atoms with van der Waals surface area (Å²) in [6, 6.07) is 0. The molecule has 0 radical (unpaired) electrons. The summed E-state index contributed by atoms with van der Waals surface area (Å²) in [5.74, 6) is 3.19. The molecule has 0 spiro atoms. The van der Waals surface area contributed by atoms with Crippen LogP contribution in [-0.2, 0) is 0 Å². The van der Waals surface area contributed by atoms with Crippen LogP contribution in [0.2, 0.25) is 0 Å². The quantitative estimate of drug-likeness (QED) is 0.621. The lowest BCUT2D eigenvalue weighted by Gasteiger charge is -2.31. The van der Waals surface area contributed by atoms with E-state index >= 15 is 0 Å². The molecule has 1 heteroatoms. The minimum atomic E-state index is 1.02. The van der Waals surface area contributed by atoms with E-state index in [0.717, 1.165) is 28.3 Å². The Bertz CT molecular complexity index is 248. The van der Waals surface area contributed by atoms with Crippen LogP contribution >= 0.6 is 11.8 Å². The highest BCUT2D eigenvalue weighted by Crippen LogP contribution is 2.48. The van der Waals surface area contributed by atoms with Crippen molar-refractivity contribution in [2.45, 2.75) is 88.1 Å². The third-order valence-electron chi connectivity index (χ3n) is 5.85. The van der Waals surface area contributed by atoms with Crippen LogP contribution < -0.4 is 0 Å². The van der Waals surface area contributed by atoms with Crippen molar-refractivity contribution in [1.82, 2.24) is 0 Å². The molecule has 0 aromatic carbocycles. The van der Waals surface area contributed by atoms with Crippen LogP contribution in [-0.4, -0.2) is 10.5 Å². The van der Waals surface area contributed by atoms with Gasteiger partial charge >= 0.3 is 0 Å². The van der Waals surface area contributed by atoms with E-state index in [-0.39, 0.29) is 0 Å². The van der Waals surface area contributed by atoms with Crippen LogP contribution in [0.5, 0.6) is 0 Å². The number of rotatable bonds is 2. The van der Waals surface area contributed by atoms with Gasteiger partial charge in [-0.2, -0.15) is 11.8 Å². The van der Waals surface area contributed by atoms with E-state index in [9.17, 15) is 0 Å². The van der Waals surface area contributed by atoms with Crippen molar-refractivity contribution in [3.05, 3.63) is 0 Å². The van der Waals surface area contributed by atoms with Crippen LogP contribution in [0.1, 0.15) is 77.6 Å². The first-order valence-corrected chi connectivity index (χ1v) is 9.42. The van der Waals surface area contributed by atoms with Gasteiger partial charge in [-0.05, 0) is 56.3 Å². The summed E-state index contributed by atoms with van der Waals surface area (Å²) in [6.45, 7) is 2.45. The Morgan fingerprint density at radius 2 is 1.17 bits per heavy atom. The van der Waals surface area contributed by atoms with Crippen molar-refractivity contribution in [3.8, 4) is 0 Å². The van der Waals surface area contributed by atoms with Crippen LogP contribution in [0.15, 0.2) is 0 Å². The molecular weight excluding hydrogens is 236 g/mol. The zero-order valence-electron chi connectivity index (χ0n) is 12.1. The highest BCUT2D eigenvalue weighted by atomic mass is 32.2. The van der Waals surface area contributed by atoms with Crippen LogP contribution in [0.4, 0.5) is 0 Å². The second-order valence-corrected chi connectivity index (χ2v) is 8.69. The maximum Gasteiger partial charge on any atom is 0.00786 e. The first-order valence-electron chi connectivity index (χ1n) is 8.48. The molecule has 2 atom stereocenters. The largest absolute Gasteiger partial charge is 0.155 e. The van der Waals surface area contributed by atoms with Crippen molar-refractivity contribution in [2.75, 3.05) is 0 Å². The van der Waals surface area contributed by atoms with Crippen LogP contribution in [0.3, 0.4) is 0 Å². The minimum Gasteiger partial charge on any atom is -0.155 e. The standard InChI is InChI=1S/C17H30S/c1-13-7-9-15(10-8-13)17-12-11-16(18-17)14-5-3-2-4-6-14/h13-17H,2-12H2,1H3. The van der Waals surface area contributed by atoms with E-state index < -0.39 is 0 Å². The molecule has 3 aliphatic rings. The van der Waals surface area contributed by atoms with Gasteiger partial charge in [-0.3, -0.25) is 0 Å². The number of hydrogen-bond donors (Lipinski definition) is 0. The van der Waals surface area contributed by atoms with E-state index in [0.29, 0.717) is 0 Å². The highest BCUT2D eigenvalue weighted by molar-refractivity contribution is 8.00. The van der Waals surface area contributed by atoms with Gasteiger partial charge in [-0.25, -0.2) is 0 Å². The Balaban J connectivity index is 1.48. The topological polar surface area (TPSA) is 0 Å². The Morgan fingerprint density at radius 3 is 1.78 bits per heavy atom. The molecule has 18 heavy (non-hydrogen) atoms. The minimum absolute atomic E-state index is 1.02. The molecule has 0 N–H and O–H groups in total. The van der Waals surface area contributed by atoms with Crippen LogP contribution in [0, 0.1) is 17.8 Å². The lowest BCUT2D eigenvalue weighted by atomic mass is 9.80. The van der Waals surface area contributed by atoms with Crippen molar-refractivity contribution < 1.29 is 0 Å². The van der Waals surface area contributed by atoms with E-state index in [2.05, 4.69) is 18.7 Å². The predicted molar refractivity (Wildman–Crippen MR) is 82.1 cm³/mol. The van der Waals surface area contributed by atoms with Crippen molar-refractivity contribution in [3.63, 3.8) is 0 Å². The molecular formula is C17H30S. The Kier molecular flexibility index (Phi) is 4.59. The zero-order chi connectivity index (χ0) is 12.4. The second-order valence-electron chi connectivity index (χ2n) is 7.21. The first-order chi connectivity index (χ1) is 8.83. The van der Waals surface area contributed by atoms with Gasteiger partial charge in [-0.1, -0.05) is 39.0 Å². The molecule has 0 bridgehead atoms. The van der Waals surface area contributed by atoms with E-state index in [1.165, 1.54) is 44.9 Å². The molecule has 2 saturated carbocycles. The molecule has 2 aliphatic carbocycles. The summed E-state index contributed by atoms with van der Waals surface area (Å²) in [6.07, 6.45) is 16.8. The van der Waals surface area contributed by atoms with Crippen molar-refractivity contribution >= 4 is 11.8 Å². The molecule has 0 amide bonds. The summed E-state index contributed by atoms with van der Waals surface area (Å²) >= 11 is 2.42. The van der Waals surface area contributed by atoms with Gasteiger partial charge in [0.2, 0.25) is 0 Å².